The molecule has 2 N–H and O–H groups in total. The number of aromatic nitrogens is 2. The Bertz CT molecular complexity index is 365. The first-order valence-electron chi connectivity index (χ1n) is 7.37. The minimum atomic E-state index is -0.347. The highest BCUT2D eigenvalue weighted by molar-refractivity contribution is 4.84. The molecule has 2 heterocycles. The summed E-state index contributed by atoms with van der Waals surface area (Å²) < 4.78 is 7.24. The lowest BCUT2D eigenvalue weighted by Gasteiger charge is -2.29. The summed E-state index contributed by atoms with van der Waals surface area (Å²) in [5.74, 6) is 0. The van der Waals surface area contributed by atoms with E-state index < -0.39 is 0 Å². The molecule has 0 saturated carbocycles. The zero-order valence-electron chi connectivity index (χ0n) is 12.4. The van der Waals surface area contributed by atoms with Gasteiger partial charge in [0.05, 0.1) is 25.4 Å². The van der Waals surface area contributed by atoms with Crippen molar-refractivity contribution in [3.05, 3.63) is 18.5 Å². The molecule has 1 fully saturated rings. The number of nitrogens with one attached hydrogen (secondary N) is 1. The fraction of sp³-hybridized carbons (Fsp3) is 0.786. The molecule has 0 unspecified atom stereocenters. The number of hydrogen-bond donors (Lipinski definition) is 2. The van der Waals surface area contributed by atoms with Crippen molar-refractivity contribution in [3.63, 3.8) is 0 Å². The third kappa shape index (κ3) is 4.56. The monoisotopic (exact) mass is 282 g/mol. The van der Waals surface area contributed by atoms with Crippen molar-refractivity contribution in [2.75, 3.05) is 39.4 Å². The van der Waals surface area contributed by atoms with E-state index in [0.29, 0.717) is 13.1 Å². The first-order valence-corrected chi connectivity index (χ1v) is 7.37. The van der Waals surface area contributed by atoms with Crippen LogP contribution < -0.4 is 5.32 Å². The second kappa shape index (κ2) is 7.73. The lowest BCUT2D eigenvalue weighted by molar-refractivity contribution is 0.0143. The van der Waals surface area contributed by atoms with Crippen LogP contribution in [0.25, 0.3) is 0 Å². The average molecular weight is 282 g/mol. The van der Waals surface area contributed by atoms with Crippen LogP contribution in [-0.4, -0.2) is 71.3 Å². The summed E-state index contributed by atoms with van der Waals surface area (Å²) in [6.07, 6.45) is 3.41. The van der Waals surface area contributed by atoms with E-state index in [1.807, 2.05) is 16.9 Å². The SMILES string of the molecule is C[C@H](NC[C@@H](O)CN1CCOCC1)[C@@H](C)n1cccn1. The van der Waals surface area contributed by atoms with Gasteiger partial charge in [0.15, 0.2) is 0 Å². The van der Waals surface area contributed by atoms with Gasteiger partial charge in [-0.15, -0.1) is 0 Å². The highest BCUT2D eigenvalue weighted by Crippen LogP contribution is 2.09. The molecule has 0 aliphatic carbocycles. The van der Waals surface area contributed by atoms with E-state index >= 15 is 0 Å². The Hall–Kier alpha value is -0.950. The molecule has 0 bridgehead atoms. The maximum atomic E-state index is 10.1. The third-order valence-corrected chi connectivity index (χ3v) is 3.91. The van der Waals surface area contributed by atoms with Crippen molar-refractivity contribution in [2.45, 2.75) is 32.0 Å². The van der Waals surface area contributed by atoms with Gasteiger partial charge in [0.2, 0.25) is 0 Å². The summed E-state index contributed by atoms with van der Waals surface area (Å²) in [6, 6.07) is 2.45. The lowest BCUT2D eigenvalue weighted by atomic mass is 10.1. The van der Waals surface area contributed by atoms with Crippen LogP contribution in [0.15, 0.2) is 18.5 Å². The Morgan fingerprint density at radius 3 is 2.75 bits per heavy atom. The van der Waals surface area contributed by atoms with Crippen LogP contribution in [0.5, 0.6) is 0 Å². The van der Waals surface area contributed by atoms with E-state index in [1.165, 1.54) is 0 Å². The standard InChI is InChI=1S/C14H26N4O2/c1-12(13(2)18-5-3-4-16-18)15-10-14(19)11-17-6-8-20-9-7-17/h3-5,12-15,19H,6-11H2,1-2H3/t12-,13+,14+/m0/s1. The molecule has 114 valence electrons. The van der Waals surface area contributed by atoms with E-state index in [0.717, 1.165) is 26.3 Å². The molecule has 0 aromatic carbocycles. The van der Waals surface area contributed by atoms with Crippen LogP contribution in [-0.2, 0) is 4.74 Å². The summed E-state index contributed by atoms with van der Waals surface area (Å²) in [5.41, 5.74) is 0. The van der Waals surface area contributed by atoms with Crippen molar-refractivity contribution in [1.29, 1.82) is 0 Å². The number of morpholine rings is 1. The Labute approximate surface area is 120 Å². The van der Waals surface area contributed by atoms with Gasteiger partial charge in [-0.05, 0) is 19.9 Å². The van der Waals surface area contributed by atoms with Gasteiger partial charge >= 0.3 is 0 Å². The number of ether oxygens (including phenoxy) is 1. The highest BCUT2D eigenvalue weighted by Gasteiger charge is 2.18. The molecule has 1 aliphatic rings. The van der Waals surface area contributed by atoms with Crippen molar-refractivity contribution in [3.8, 4) is 0 Å². The average Bonchev–Trinajstić information content (AvgIpc) is 2.99. The van der Waals surface area contributed by atoms with E-state index in [4.69, 9.17) is 4.74 Å². The van der Waals surface area contributed by atoms with Crippen molar-refractivity contribution >= 4 is 0 Å². The molecular formula is C14H26N4O2. The second-order valence-electron chi connectivity index (χ2n) is 5.49. The summed E-state index contributed by atoms with van der Waals surface area (Å²) in [7, 11) is 0. The number of aliphatic hydroxyl groups is 1. The maximum Gasteiger partial charge on any atom is 0.0791 e. The molecule has 0 radical (unpaired) electrons. The van der Waals surface area contributed by atoms with Crippen LogP contribution >= 0.6 is 0 Å². The van der Waals surface area contributed by atoms with Crippen LogP contribution in [0.1, 0.15) is 19.9 Å². The normalized spacial score (nSPS) is 21.6. The predicted octanol–water partition coefficient (Wildman–Crippen LogP) is 0.115. The van der Waals surface area contributed by atoms with E-state index in [1.54, 1.807) is 6.20 Å². The predicted molar refractivity (Wildman–Crippen MR) is 77.7 cm³/mol. The molecule has 1 aliphatic heterocycles. The molecule has 6 heteroatoms. The van der Waals surface area contributed by atoms with Crippen molar-refractivity contribution in [2.24, 2.45) is 0 Å². The molecule has 0 spiro atoms. The minimum Gasteiger partial charge on any atom is -0.390 e. The summed E-state index contributed by atoms with van der Waals surface area (Å²) >= 11 is 0. The van der Waals surface area contributed by atoms with Crippen LogP contribution in [0, 0.1) is 0 Å². The Balaban J connectivity index is 1.68. The van der Waals surface area contributed by atoms with Gasteiger partial charge in [-0.1, -0.05) is 0 Å². The molecule has 1 aromatic heterocycles. The third-order valence-electron chi connectivity index (χ3n) is 3.91. The summed E-state index contributed by atoms with van der Waals surface area (Å²) in [5, 5.41) is 17.7. The zero-order chi connectivity index (χ0) is 14.4. The number of nitrogens with zero attached hydrogens (tertiary/aromatic N) is 3. The van der Waals surface area contributed by atoms with E-state index in [2.05, 4.69) is 29.2 Å². The summed E-state index contributed by atoms with van der Waals surface area (Å²) in [4.78, 5) is 2.25. The number of β-amino-alcohol motifs (C(OH)–C–C–N with tert-alkyl or cyclic N) is 1. The van der Waals surface area contributed by atoms with Gasteiger partial charge in [0.1, 0.15) is 0 Å². The Morgan fingerprint density at radius 1 is 1.35 bits per heavy atom. The van der Waals surface area contributed by atoms with Crippen LogP contribution in [0.4, 0.5) is 0 Å². The minimum absolute atomic E-state index is 0.259. The maximum absolute atomic E-state index is 10.1. The summed E-state index contributed by atoms with van der Waals surface area (Å²) in [6.45, 7) is 8.92. The molecule has 6 nitrogen and oxygen atoms in total. The number of hydrogen-bond acceptors (Lipinski definition) is 5. The zero-order valence-corrected chi connectivity index (χ0v) is 12.4. The van der Waals surface area contributed by atoms with Gasteiger partial charge in [-0.25, -0.2) is 0 Å². The van der Waals surface area contributed by atoms with Crippen LogP contribution in [0.2, 0.25) is 0 Å². The first kappa shape index (κ1) is 15.4. The van der Waals surface area contributed by atoms with Crippen molar-refractivity contribution in [1.82, 2.24) is 20.0 Å². The topological polar surface area (TPSA) is 62.6 Å². The van der Waals surface area contributed by atoms with Gasteiger partial charge in [-0.3, -0.25) is 9.58 Å². The fourth-order valence-electron chi connectivity index (χ4n) is 2.39. The smallest absolute Gasteiger partial charge is 0.0791 e. The van der Waals surface area contributed by atoms with Gasteiger partial charge in [0, 0.05) is 44.6 Å². The molecule has 2 rings (SSSR count). The Morgan fingerprint density at radius 2 is 2.10 bits per heavy atom. The Kier molecular flexibility index (Phi) is 5.97. The fourth-order valence-corrected chi connectivity index (χ4v) is 2.39. The quantitative estimate of drug-likeness (QED) is 0.743. The van der Waals surface area contributed by atoms with Gasteiger partial charge in [0.25, 0.3) is 0 Å². The molecule has 3 atom stereocenters. The van der Waals surface area contributed by atoms with Crippen LogP contribution in [0.3, 0.4) is 0 Å². The molecule has 0 amide bonds. The second-order valence-corrected chi connectivity index (χ2v) is 5.49. The number of aliphatic hydroxyl groups excluding tert-OH is 1. The lowest BCUT2D eigenvalue weighted by Crippen LogP contribution is -2.46. The van der Waals surface area contributed by atoms with Gasteiger partial charge < -0.3 is 15.2 Å². The molecule has 1 saturated heterocycles. The molecule has 1 aromatic rings. The largest absolute Gasteiger partial charge is 0.390 e. The van der Waals surface area contributed by atoms with Crippen molar-refractivity contribution < 1.29 is 9.84 Å². The first-order chi connectivity index (χ1) is 9.66. The van der Waals surface area contributed by atoms with E-state index in [9.17, 15) is 5.11 Å². The molecular weight excluding hydrogens is 256 g/mol. The van der Waals surface area contributed by atoms with Gasteiger partial charge in [-0.2, -0.15) is 5.10 Å². The molecule has 20 heavy (non-hydrogen) atoms. The highest BCUT2D eigenvalue weighted by atomic mass is 16.5. The van der Waals surface area contributed by atoms with E-state index in [-0.39, 0.29) is 18.2 Å². The number of rotatable bonds is 7.